The Morgan fingerprint density at radius 1 is 1.07 bits per heavy atom. The van der Waals surface area contributed by atoms with Gasteiger partial charge in [-0.15, -0.1) is 0 Å². The summed E-state index contributed by atoms with van der Waals surface area (Å²) in [6.45, 7) is 0.896. The van der Waals surface area contributed by atoms with Crippen LogP contribution in [0.15, 0.2) is 54.1 Å². The fraction of sp³-hybridized carbons (Fsp3) is 0.304. The van der Waals surface area contributed by atoms with E-state index in [9.17, 15) is 14.7 Å². The molecule has 0 radical (unpaired) electrons. The third kappa shape index (κ3) is 4.02. The number of likely N-dealkylation sites (tertiary alicyclic amines) is 1. The molecule has 30 heavy (non-hydrogen) atoms. The lowest BCUT2D eigenvalue weighted by Gasteiger charge is -2.27. The molecule has 0 spiro atoms. The normalized spacial score (nSPS) is 18.2. The molecular formula is C23H26N2O5. The molecule has 0 saturated carbocycles. The van der Waals surface area contributed by atoms with E-state index in [1.54, 1.807) is 36.4 Å². The highest BCUT2D eigenvalue weighted by Crippen LogP contribution is 2.42. The van der Waals surface area contributed by atoms with Gasteiger partial charge in [0.05, 0.1) is 25.8 Å². The Balaban J connectivity index is 2.20. The van der Waals surface area contributed by atoms with Gasteiger partial charge in [0.15, 0.2) is 0 Å². The molecule has 2 aromatic rings. The summed E-state index contributed by atoms with van der Waals surface area (Å²) in [7, 11) is 6.84. The molecule has 0 aliphatic carbocycles. The number of carbonyl (C=O) groups excluding carboxylic acids is 2. The van der Waals surface area contributed by atoms with Gasteiger partial charge < -0.3 is 24.4 Å². The number of hydrogen-bond acceptors (Lipinski definition) is 6. The van der Waals surface area contributed by atoms with Crippen LogP contribution in [-0.4, -0.2) is 68.0 Å². The van der Waals surface area contributed by atoms with Gasteiger partial charge in [-0.2, -0.15) is 0 Å². The Bertz CT molecular complexity index is 983. The first kappa shape index (κ1) is 21.4. The second kappa shape index (κ2) is 9.00. The number of aliphatic hydroxyl groups is 1. The minimum atomic E-state index is -0.757. The van der Waals surface area contributed by atoms with Gasteiger partial charge in [-0.1, -0.05) is 30.3 Å². The zero-order chi connectivity index (χ0) is 21.8. The van der Waals surface area contributed by atoms with Gasteiger partial charge in [0.25, 0.3) is 11.7 Å². The molecule has 1 amide bonds. The summed E-state index contributed by atoms with van der Waals surface area (Å²) in [5.41, 5.74) is 1.08. The van der Waals surface area contributed by atoms with Gasteiger partial charge in [0.1, 0.15) is 17.3 Å². The zero-order valence-electron chi connectivity index (χ0n) is 17.6. The van der Waals surface area contributed by atoms with Crippen LogP contribution in [-0.2, 0) is 9.59 Å². The summed E-state index contributed by atoms with van der Waals surface area (Å²) in [5, 5.41) is 11.1. The van der Waals surface area contributed by atoms with Gasteiger partial charge in [-0.25, -0.2) is 0 Å². The smallest absolute Gasteiger partial charge is 0.295 e. The number of rotatable bonds is 7. The van der Waals surface area contributed by atoms with Crippen molar-refractivity contribution in [2.75, 3.05) is 41.4 Å². The Hall–Kier alpha value is -3.32. The van der Waals surface area contributed by atoms with Crippen molar-refractivity contribution in [1.29, 1.82) is 0 Å². The van der Waals surface area contributed by atoms with Crippen LogP contribution in [0.4, 0.5) is 0 Å². The van der Waals surface area contributed by atoms with E-state index in [0.29, 0.717) is 35.7 Å². The predicted molar refractivity (Wildman–Crippen MR) is 114 cm³/mol. The number of para-hydroxylation sites is 1. The lowest BCUT2D eigenvalue weighted by Crippen LogP contribution is -2.35. The number of nitrogens with zero attached hydrogens (tertiary/aromatic N) is 2. The van der Waals surface area contributed by atoms with Gasteiger partial charge >= 0.3 is 0 Å². The lowest BCUT2D eigenvalue weighted by atomic mass is 9.94. The maximum absolute atomic E-state index is 13.0. The second-order valence-electron chi connectivity index (χ2n) is 7.27. The summed E-state index contributed by atoms with van der Waals surface area (Å²) < 4.78 is 10.7. The van der Waals surface area contributed by atoms with Crippen LogP contribution >= 0.6 is 0 Å². The van der Waals surface area contributed by atoms with E-state index in [-0.39, 0.29) is 11.3 Å². The fourth-order valence-corrected chi connectivity index (χ4v) is 3.56. The summed E-state index contributed by atoms with van der Waals surface area (Å²) in [5.74, 6) is -0.525. The van der Waals surface area contributed by atoms with Gasteiger partial charge in [-0.05, 0) is 32.3 Å². The lowest BCUT2D eigenvalue weighted by molar-refractivity contribution is -0.140. The molecule has 3 rings (SSSR count). The maximum atomic E-state index is 13.0. The number of hydrogen-bond donors (Lipinski definition) is 1. The summed E-state index contributed by atoms with van der Waals surface area (Å²) in [6, 6.07) is 13.2. The molecule has 1 aliphatic heterocycles. The molecule has 1 unspecified atom stereocenters. The first-order chi connectivity index (χ1) is 14.4. The molecule has 7 nitrogen and oxygen atoms in total. The van der Waals surface area contributed by atoms with Crippen molar-refractivity contribution in [2.45, 2.75) is 6.04 Å². The number of methoxy groups -OCH3 is 2. The standard InChI is InChI=1S/C23H26N2O5/c1-24(2)12-13-25-20(17-10-5-6-11-18(17)30-4)19(22(27)23(25)28)21(26)15-8-7-9-16(14-15)29-3/h5-11,14,20,26H,12-13H2,1-4H3/b21-19+. The first-order valence-corrected chi connectivity index (χ1v) is 9.59. The second-order valence-corrected chi connectivity index (χ2v) is 7.27. The SMILES string of the molecule is COc1cccc(/C(O)=C2\C(=O)C(=O)N(CCN(C)C)C2c2ccccc2OC)c1. The number of ketones is 1. The molecule has 7 heteroatoms. The Morgan fingerprint density at radius 3 is 2.47 bits per heavy atom. The number of aliphatic hydroxyl groups excluding tert-OH is 1. The first-order valence-electron chi connectivity index (χ1n) is 9.59. The van der Waals surface area contributed by atoms with E-state index >= 15 is 0 Å². The van der Waals surface area contributed by atoms with Crippen molar-refractivity contribution in [3.05, 3.63) is 65.2 Å². The molecule has 1 aliphatic rings. The topological polar surface area (TPSA) is 79.3 Å². The monoisotopic (exact) mass is 410 g/mol. The Kier molecular flexibility index (Phi) is 6.42. The van der Waals surface area contributed by atoms with Crippen LogP contribution in [0.5, 0.6) is 11.5 Å². The highest BCUT2D eigenvalue weighted by atomic mass is 16.5. The van der Waals surface area contributed by atoms with Gasteiger partial charge in [0.2, 0.25) is 0 Å². The molecule has 1 N–H and O–H groups in total. The van der Waals surface area contributed by atoms with Crippen LogP contribution in [0.3, 0.4) is 0 Å². The van der Waals surface area contributed by atoms with Crippen molar-refractivity contribution < 1.29 is 24.2 Å². The van der Waals surface area contributed by atoms with Crippen molar-refractivity contribution in [2.24, 2.45) is 0 Å². The predicted octanol–water partition coefficient (Wildman–Crippen LogP) is 2.69. The van der Waals surface area contributed by atoms with Crippen LogP contribution in [0.1, 0.15) is 17.2 Å². The van der Waals surface area contributed by atoms with Gasteiger partial charge in [0, 0.05) is 24.2 Å². The molecule has 0 bridgehead atoms. The van der Waals surface area contributed by atoms with Crippen LogP contribution in [0.2, 0.25) is 0 Å². The fourth-order valence-electron chi connectivity index (χ4n) is 3.56. The minimum absolute atomic E-state index is 0.0384. The number of benzene rings is 2. The number of ether oxygens (including phenoxy) is 2. The summed E-state index contributed by atoms with van der Waals surface area (Å²) >= 11 is 0. The molecular weight excluding hydrogens is 384 g/mol. The van der Waals surface area contributed by atoms with E-state index in [0.717, 1.165) is 0 Å². The van der Waals surface area contributed by atoms with Crippen molar-refractivity contribution in [3.63, 3.8) is 0 Å². The molecule has 1 heterocycles. The summed E-state index contributed by atoms with van der Waals surface area (Å²) in [4.78, 5) is 29.4. The quantitative estimate of drug-likeness (QED) is 0.430. The maximum Gasteiger partial charge on any atom is 0.295 e. The van der Waals surface area contributed by atoms with E-state index in [2.05, 4.69) is 0 Å². The average Bonchev–Trinajstić information content (AvgIpc) is 3.01. The van der Waals surface area contributed by atoms with Crippen LogP contribution in [0.25, 0.3) is 5.76 Å². The zero-order valence-corrected chi connectivity index (χ0v) is 17.6. The van der Waals surface area contributed by atoms with E-state index in [1.807, 2.05) is 31.1 Å². The average molecular weight is 410 g/mol. The number of Topliss-reactive ketones (excluding diaryl/α,β-unsaturated/α-hetero) is 1. The molecule has 0 aromatic heterocycles. The van der Waals surface area contributed by atoms with E-state index < -0.39 is 17.7 Å². The number of carbonyl (C=O) groups is 2. The third-order valence-corrected chi connectivity index (χ3v) is 5.10. The molecule has 2 aromatic carbocycles. The molecule has 1 atom stereocenters. The summed E-state index contributed by atoms with van der Waals surface area (Å²) in [6.07, 6.45) is 0. The number of amides is 1. The third-order valence-electron chi connectivity index (χ3n) is 5.10. The van der Waals surface area contributed by atoms with Crippen molar-refractivity contribution in [1.82, 2.24) is 9.80 Å². The minimum Gasteiger partial charge on any atom is -0.507 e. The van der Waals surface area contributed by atoms with Gasteiger partial charge in [-0.3, -0.25) is 9.59 Å². The molecule has 1 saturated heterocycles. The highest BCUT2D eigenvalue weighted by Gasteiger charge is 2.46. The Morgan fingerprint density at radius 2 is 1.80 bits per heavy atom. The van der Waals surface area contributed by atoms with Crippen LogP contribution in [0, 0.1) is 0 Å². The van der Waals surface area contributed by atoms with E-state index in [4.69, 9.17) is 9.47 Å². The van der Waals surface area contributed by atoms with Crippen LogP contribution < -0.4 is 9.47 Å². The van der Waals surface area contributed by atoms with E-state index in [1.165, 1.54) is 19.1 Å². The molecule has 1 fully saturated rings. The number of likely N-dealkylation sites (N-methyl/N-ethyl adjacent to an activating group) is 1. The van der Waals surface area contributed by atoms with Crippen molar-refractivity contribution >= 4 is 17.4 Å². The van der Waals surface area contributed by atoms with Crippen molar-refractivity contribution in [3.8, 4) is 11.5 Å². The Labute approximate surface area is 176 Å². The molecule has 158 valence electrons. The highest BCUT2D eigenvalue weighted by molar-refractivity contribution is 6.46. The largest absolute Gasteiger partial charge is 0.507 e.